The Hall–Kier alpha value is -1.14. The monoisotopic (exact) mass is 232 g/mol. The van der Waals surface area contributed by atoms with Crippen molar-refractivity contribution < 1.29 is 19.8 Å². The van der Waals surface area contributed by atoms with Crippen molar-refractivity contribution in [2.45, 2.75) is 32.3 Å². The molecule has 0 fully saturated rings. The summed E-state index contributed by atoms with van der Waals surface area (Å²) in [5.74, 6) is -1.07. The lowest BCUT2D eigenvalue weighted by Gasteiger charge is -2.09. The minimum atomic E-state index is -1.03. The fourth-order valence-corrected chi connectivity index (χ4v) is 1.10. The number of aliphatic hydroxyl groups is 1. The lowest BCUT2D eigenvalue weighted by atomic mass is 10.2. The SMILES string of the molecule is CCCNC(=O)CCNCC(O)CC(=O)O. The van der Waals surface area contributed by atoms with Crippen LogP contribution in [-0.4, -0.2) is 47.8 Å². The Bertz CT molecular complexity index is 221. The summed E-state index contributed by atoms with van der Waals surface area (Å²) < 4.78 is 0. The van der Waals surface area contributed by atoms with E-state index in [0.29, 0.717) is 19.5 Å². The van der Waals surface area contributed by atoms with Gasteiger partial charge >= 0.3 is 5.97 Å². The summed E-state index contributed by atoms with van der Waals surface area (Å²) in [6.45, 7) is 3.26. The Morgan fingerprint density at radius 2 is 2.00 bits per heavy atom. The molecule has 0 aromatic carbocycles. The van der Waals surface area contributed by atoms with E-state index in [1.807, 2.05) is 6.92 Å². The van der Waals surface area contributed by atoms with Gasteiger partial charge in [-0.15, -0.1) is 0 Å². The third-order valence-electron chi connectivity index (χ3n) is 1.89. The maximum absolute atomic E-state index is 11.1. The molecule has 94 valence electrons. The van der Waals surface area contributed by atoms with Crippen LogP contribution in [0.3, 0.4) is 0 Å². The molecule has 0 aliphatic heterocycles. The highest BCUT2D eigenvalue weighted by atomic mass is 16.4. The van der Waals surface area contributed by atoms with Crippen LogP contribution in [-0.2, 0) is 9.59 Å². The quantitative estimate of drug-likeness (QED) is 0.395. The normalized spacial score (nSPS) is 12.1. The standard InChI is InChI=1S/C10H20N2O4/c1-2-4-12-9(14)3-5-11-7-8(13)6-10(15)16/h8,11,13H,2-7H2,1H3,(H,12,14)(H,15,16). The van der Waals surface area contributed by atoms with Crippen molar-refractivity contribution in [3.63, 3.8) is 0 Å². The van der Waals surface area contributed by atoms with Crippen LogP contribution in [0.25, 0.3) is 0 Å². The van der Waals surface area contributed by atoms with Crippen molar-refractivity contribution in [3.05, 3.63) is 0 Å². The smallest absolute Gasteiger partial charge is 0.306 e. The molecular formula is C10H20N2O4. The third-order valence-corrected chi connectivity index (χ3v) is 1.89. The second-order valence-electron chi connectivity index (χ2n) is 3.56. The zero-order valence-electron chi connectivity index (χ0n) is 9.53. The molecule has 4 N–H and O–H groups in total. The van der Waals surface area contributed by atoms with Gasteiger partial charge in [-0.05, 0) is 6.42 Å². The van der Waals surface area contributed by atoms with Crippen LogP contribution in [0.2, 0.25) is 0 Å². The first-order valence-electron chi connectivity index (χ1n) is 5.43. The van der Waals surface area contributed by atoms with Crippen molar-refractivity contribution in [1.29, 1.82) is 0 Å². The molecule has 6 nitrogen and oxygen atoms in total. The van der Waals surface area contributed by atoms with Crippen LogP contribution < -0.4 is 10.6 Å². The van der Waals surface area contributed by atoms with Gasteiger partial charge in [-0.2, -0.15) is 0 Å². The number of hydrogen-bond donors (Lipinski definition) is 4. The molecule has 0 saturated carbocycles. The van der Waals surface area contributed by atoms with Crippen LogP contribution in [0.1, 0.15) is 26.2 Å². The number of carboxylic acid groups (broad SMARTS) is 1. The fourth-order valence-electron chi connectivity index (χ4n) is 1.10. The summed E-state index contributed by atoms with van der Waals surface area (Å²) in [6, 6.07) is 0. The van der Waals surface area contributed by atoms with Crippen molar-refractivity contribution in [2.75, 3.05) is 19.6 Å². The first-order chi connectivity index (χ1) is 7.56. The lowest BCUT2D eigenvalue weighted by Crippen LogP contribution is -2.32. The Balaban J connectivity index is 3.38. The first kappa shape index (κ1) is 14.9. The number of hydrogen-bond acceptors (Lipinski definition) is 4. The molecule has 0 aromatic rings. The van der Waals surface area contributed by atoms with E-state index in [4.69, 9.17) is 5.11 Å². The summed E-state index contributed by atoms with van der Waals surface area (Å²) in [6.07, 6.45) is 0.0434. The predicted octanol–water partition coefficient (Wildman–Crippen LogP) is -0.672. The van der Waals surface area contributed by atoms with Gasteiger partial charge in [-0.25, -0.2) is 0 Å². The molecular weight excluding hydrogens is 212 g/mol. The van der Waals surface area contributed by atoms with E-state index in [1.165, 1.54) is 0 Å². The summed E-state index contributed by atoms with van der Waals surface area (Å²) in [5.41, 5.74) is 0. The number of aliphatic hydroxyl groups excluding tert-OH is 1. The van der Waals surface area contributed by atoms with Gasteiger partial charge in [0.25, 0.3) is 0 Å². The van der Waals surface area contributed by atoms with Gasteiger partial charge in [0.1, 0.15) is 0 Å². The predicted molar refractivity (Wildman–Crippen MR) is 59.0 cm³/mol. The van der Waals surface area contributed by atoms with E-state index in [2.05, 4.69) is 10.6 Å². The summed E-state index contributed by atoms with van der Waals surface area (Å²) in [4.78, 5) is 21.3. The Morgan fingerprint density at radius 1 is 1.31 bits per heavy atom. The van der Waals surface area contributed by atoms with Gasteiger partial charge in [0.05, 0.1) is 12.5 Å². The number of nitrogens with one attached hydrogen (secondary N) is 2. The molecule has 0 aliphatic carbocycles. The largest absolute Gasteiger partial charge is 0.481 e. The number of carbonyl (C=O) groups excluding carboxylic acids is 1. The Kier molecular flexibility index (Phi) is 8.46. The number of carbonyl (C=O) groups is 2. The summed E-state index contributed by atoms with van der Waals surface area (Å²) >= 11 is 0. The van der Waals surface area contributed by atoms with E-state index in [1.54, 1.807) is 0 Å². The molecule has 0 radical (unpaired) electrons. The average molecular weight is 232 g/mol. The third kappa shape index (κ3) is 9.42. The summed E-state index contributed by atoms with van der Waals surface area (Å²) in [7, 11) is 0. The first-order valence-corrected chi connectivity index (χ1v) is 5.43. The van der Waals surface area contributed by atoms with Crippen molar-refractivity contribution >= 4 is 11.9 Å². The highest BCUT2D eigenvalue weighted by Crippen LogP contribution is 1.89. The molecule has 0 rings (SSSR count). The molecule has 0 bridgehead atoms. The van der Waals surface area contributed by atoms with Gasteiger partial charge in [0, 0.05) is 26.1 Å². The zero-order chi connectivity index (χ0) is 12.4. The van der Waals surface area contributed by atoms with E-state index in [9.17, 15) is 14.7 Å². The average Bonchev–Trinajstić information content (AvgIpc) is 2.20. The highest BCUT2D eigenvalue weighted by Gasteiger charge is 2.08. The molecule has 0 saturated heterocycles. The van der Waals surface area contributed by atoms with Gasteiger partial charge in [0.2, 0.25) is 5.91 Å². The maximum atomic E-state index is 11.1. The zero-order valence-corrected chi connectivity index (χ0v) is 9.53. The van der Waals surface area contributed by atoms with Gasteiger partial charge < -0.3 is 20.8 Å². The molecule has 1 unspecified atom stereocenters. The minimum absolute atomic E-state index is 0.0397. The van der Waals surface area contributed by atoms with Crippen LogP contribution in [0.4, 0.5) is 0 Å². The molecule has 1 amide bonds. The number of rotatable bonds is 9. The second kappa shape index (κ2) is 9.11. The van der Waals surface area contributed by atoms with Crippen LogP contribution >= 0.6 is 0 Å². The van der Waals surface area contributed by atoms with E-state index >= 15 is 0 Å². The Labute approximate surface area is 95.0 Å². The molecule has 1 atom stereocenters. The maximum Gasteiger partial charge on any atom is 0.306 e. The van der Waals surface area contributed by atoms with Crippen LogP contribution in [0.5, 0.6) is 0 Å². The fraction of sp³-hybridized carbons (Fsp3) is 0.800. The number of amides is 1. The van der Waals surface area contributed by atoms with E-state index < -0.39 is 12.1 Å². The molecule has 16 heavy (non-hydrogen) atoms. The highest BCUT2D eigenvalue weighted by molar-refractivity contribution is 5.75. The lowest BCUT2D eigenvalue weighted by molar-refractivity contribution is -0.139. The molecule has 0 spiro atoms. The minimum Gasteiger partial charge on any atom is -0.481 e. The molecule has 0 heterocycles. The van der Waals surface area contributed by atoms with Crippen molar-refractivity contribution in [3.8, 4) is 0 Å². The van der Waals surface area contributed by atoms with Gasteiger partial charge in [-0.3, -0.25) is 9.59 Å². The van der Waals surface area contributed by atoms with Gasteiger partial charge in [-0.1, -0.05) is 6.92 Å². The van der Waals surface area contributed by atoms with Gasteiger partial charge in [0.15, 0.2) is 0 Å². The number of aliphatic carboxylic acids is 1. The Morgan fingerprint density at radius 3 is 2.56 bits per heavy atom. The van der Waals surface area contributed by atoms with Crippen LogP contribution in [0.15, 0.2) is 0 Å². The second-order valence-corrected chi connectivity index (χ2v) is 3.56. The molecule has 0 aliphatic rings. The summed E-state index contributed by atoms with van der Waals surface area (Å²) in [5, 5.41) is 23.1. The molecule has 6 heteroatoms. The molecule has 0 aromatic heterocycles. The number of carboxylic acids is 1. The topological polar surface area (TPSA) is 98.7 Å². The van der Waals surface area contributed by atoms with Crippen molar-refractivity contribution in [2.24, 2.45) is 0 Å². The van der Waals surface area contributed by atoms with Crippen LogP contribution in [0, 0.1) is 0 Å². The van der Waals surface area contributed by atoms with Crippen molar-refractivity contribution in [1.82, 2.24) is 10.6 Å². The van der Waals surface area contributed by atoms with E-state index in [-0.39, 0.29) is 18.9 Å². The van der Waals surface area contributed by atoms with E-state index in [0.717, 1.165) is 6.42 Å².